The molecule has 2 atom stereocenters. The SMILES string of the molecule is CCC(CCC(C#N)(c1ccc(C(F)(F)F)c(C(F)(F)F)c1)C1CC1)N(CCc1ccccc1)C(C)C. The molecule has 8 heteroatoms. The molecule has 0 N–H and O–H groups in total. The van der Waals surface area contributed by atoms with Gasteiger partial charge in [0.25, 0.3) is 0 Å². The van der Waals surface area contributed by atoms with E-state index >= 15 is 0 Å². The van der Waals surface area contributed by atoms with Gasteiger partial charge in [-0.25, -0.2) is 0 Å². The number of hydrogen-bond donors (Lipinski definition) is 0. The van der Waals surface area contributed by atoms with Crippen molar-refractivity contribution in [1.82, 2.24) is 4.90 Å². The Hall–Kier alpha value is -2.53. The fraction of sp³-hybridized carbons (Fsp3) is 0.552. The maximum atomic E-state index is 13.7. The lowest BCUT2D eigenvalue weighted by molar-refractivity contribution is -0.162. The van der Waals surface area contributed by atoms with E-state index in [0.29, 0.717) is 37.8 Å². The lowest BCUT2D eigenvalue weighted by atomic mass is 9.72. The van der Waals surface area contributed by atoms with Gasteiger partial charge in [0.2, 0.25) is 0 Å². The minimum atomic E-state index is -5.18. The monoisotopic (exact) mass is 524 g/mol. The van der Waals surface area contributed by atoms with Crippen LogP contribution in [-0.2, 0) is 24.2 Å². The van der Waals surface area contributed by atoms with Gasteiger partial charge in [0.05, 0.1) is 22.6 Å². The second-order valence-electron chi connectivity index (χ2n) is 10.3. The van der Waals surface area contributed by atoms with Gasteiger partial charge in [-0.15, -0.1) is 0 Å². The van der Waals surface area contributed by atoms with Crippen molar-refractivity contribution in [2.45, 2.75) is 89.1 Å². The minimum Gasteiger partial charge on any atom is -0.298 e. The summed E-state index contributed by atoms with van der Waals surface area (Å²) >= 11 is 0. The molecule has 0 aliphatic heterocycles. The molecule has 0 aromatic heterocycles. The quantitative estimate of drug-likeness (QED) is 0.276. The summed E-state index contributed by atoms with van der Waals surface area (Å²) in [6.45, 7) is 7.03. The van der Waals surface area contributed by atoms with E-state index < -0.39 is 28.9 Å². The molecular formula is C29H34F6N2. The van der Waals surface area contributed by atoms with Crippen LogP contribution in [0.5, 0.6) is 0 Å². The van der Waals surface area contributed by atoms with Gasteiger partial charge in [0, 0.05) is 18.6 Å². The zero-order valence-electron chi connectivity index (χ0n) is 21.5. The van der Waals surface area contributed by atoms with E-state index in [9.17, 15) is 31.6 Å². The molecule has 0 radical (unpaired) electrons. The van der Waals surface area contributed by atoms with E-state index in [1.807, 2.05) is 25.1 Å². The number of halogens is 6. The van der Waals surface area contributed by atoms with Crippen molar-refractivity contribution in [3.05, 3.63) is 70.8 Å². The fourth-order valence-corrected chi connectivity index (χ4v) is 5.44. The van der Waals surface area contributed by atoms with Crippen LogP contribution < -0.4 is 0 Å². The first-order valence-electron chi connectivity index (χ1n) is 12.8. The highest BCUT2D eigenvalue weighted by molar-refractivity contribution is 5.43. The number of nitrogens with zero attached hydrogens (tertiary/aromatic N) is 2. The standard InChI is InChI=1S/C29H34F6N2/c1-4-24(37(20(2)3)17-15-21-8-6-5-7-9-21)14-16-27(19-36,22-10-11-22)23-12-13-25(28(30,31)32)26(18-23)29(33,34)35/h5-9,12-13,18,20,22,24H,4,10-11,14-17H2,1-3H3. The summed E-state index contributed by atoms with van der Waals surface area (Å²) in [5.41, 5.74) is -3.45. The average molecular weight is 525 g/mol. The first-order valence-corrected chi connectivity index (χ1v) is 12.8. The third-order valence-electron chi connectivity index (χ3n) is 7.60. The minimum absolute atomic E-state index is 0.0352. The number of rotatable bonds is 11. The number of nitriles is 1. The second-order valence-corrected chi connectivity index (χ2v) is 10.3. The summed E-state index contributed by atoms with van der Waals surface area (Å²) in [6.07, 6.45) is -6.47. The van der Waals surface area contributed by atoms with Crippen LogP contribution in [0, 0.1) is 17.2 Å². The number of benzene rings is 2. The summed E-state index contributed by atoms with van der Waals surface area (Å²) in [6, 6.07) is 14.8. The molecule has 1 aliphatic carbocycles. The van der Waals surface area contributed by atoms with Crippen molar-refractivity contribution in [3.63, 3.8) is 0 Å². The van der Waals surface area contributed by atoms with Gasteiger partial charge in [-0.2, -0.15) is 31.6 Å². The molecule has 1 saturated carbocycles. The predicted octanol–water partition coefficient (Wildman–Crippen LogP) is 8.41. The van der Waals surface area contributed by atoms with Crippen LogP contribution in [0.25, 0.3) is 0 Å². The van der Waals surface area contributed by atoms with Crippen LogP contribution in [-0.4, -0.2) is 23.5 Å². The maximum absolute atomic E-state index is 13.7. The van der Waals surface area contributed by atoms with E-state index in [1.54, 1.807) is 0 Å². The Bertz CT molecular complexity index is 1070. The molecule has 2 unspecified atom stereocenters. The van der Waals surface area contributed by atoms with Crippen LogP contribution in [0.2, 0.25) is 0 Å². The number of hydrogen-bond acceptors (Lipinski definition) is 2. The van der Waals surface area contributed by atoms with Crippen molar-refractivity contribution >= 4 is 0 Å². The molecule has 2 nitrogen and oxygen atoms in total. The third kappa shape index (κ3) is 6.87. The first kappa shape index (κ1) is 29.0. The van der Waals surface area contributed by atoms with E-state index in [1.165, 1.54) is 5.56 Å². The Balaban J connectivity index is 1.89. The molecule has 2 aromatic rings. The van der Waals surface area contributed by atoms with Gasteiger partial charge in [-0.05, 0) is 81.5 Å². The van der Waals surface area contributed by atoms with E-state index in [4.69, 9.17) is 0 Å². The van der Waals surface area contributed by atoms with Crippen molar-refractivity contribution in [3.8, 4) is 6.07 Å². The van der Waals surface area contributed by atoms with Crippen LogP contribution in [0.1, 0.15) is 75.1 Å². The topological polar surface area (TPSA) is 27.0 Å². The average Bonchev–Trinajstić information content (AvgIpc) is 3.68. The summed E-state index contributed by atoms with van der Waals surface area (Å²) < 4.78 is 81.0. The van der Waals surface area contributed by atoms with Crippen LogP contribution in [0.3, 0.4) is 0 Å². The Labute approximate surface area is 215 Å². The van der Waals surface area contributed by atoms with Gasteiger partial charge >= 0.3 is 12.4 Å². The molecule has 202 valence electrons. The highest BCUT2D eigenvalue weighted by atomic mass is 19.4. The molecular weight excluding hydrogens is 490 g/mol. The smallest absolute Gasteiger partial charge is 0.298 e. The van der Waals surface area contributed by atoms with Crippen molar-refractivity contribution in [2.75, 3.05) is 6.54 Å². The van der Waals surface area contributed by atoms with E-state index in [0.717, 1.165) is 25.5 Å². The zero-order valence-corrected chi connectivity index (χ0v) is 21.5. The largest absolute Gasteiger partial charge is 0.417 e. The van der Waals surface area contributed by atoms with Gasteiger partial charge in [-0.3, -0.25) is 4.90 Å². The Morgan fingerprint density at radius 3 is 2.05 bits per heavy atom. The van der Waals surface area contributed by atoms with Crippen LogP contribution in [0.4, 0.5) is 26.3 Å². The van der Waals surface area contributed by atoms with Crippen molar-refractivity contribution < 1.29 is 26.3 Å². The molecule has 1 fully saturated rings. The second kappa shape index (κ2) is 11.5. The summed E-state index contributed by atoms with van der Waals surface area (Å²) in [4.78, 5) is 2.36. The van der Waals surface area contributed by atoms with Crippen molar-refractivity contribution in [1.29, 1.82) is 5.26 Å². The summed E-state index contributed by atoms with van der Waals surface area (Å²) in [5, 5.41) is 10.3. The molecule has 0 heterocycles. The molecule has 2 aromatic carbocycles. The van der Waals surface area contributed by atoms with Gasteiger partial charge in [0.1, 0.15) is 0 Å². The van der Waals surface area contributed by atoms with Gasteiger partial charge in [-0.1, -0.05) is 43.3 Å². The fourth-order valence-electron chi connectivity index (χ4n) is 5.44. The lowest BCUT2D eigenvalue weighted by Gasteiger charge is -2.37. The highest BCUT2D eigenvalue weighted by Crippen LogP contribution is 2.52. The third-order valence-corrected chi connectivity index (χ3v) is 7.60. The molecule has 37 heavy (non-hydrogen) atoms. The first-order chi connectivity index (χ1) is 17.3. The molecule has 0 saturated heterocycles. The van der Waals surface area contributed by atoms with E-state index in [-0.39, 0.29) is 23.6 Å². The van der Waals surface area contributed by atoms with E-state index in [2.05, 4.69) is 36.9 Å². The molecule has 0 spiro atoms. The zero-order chi connectivity index (χ0) is 27.4. The van der Waals surface area contributed by atoms with Gasteiger partial charge < -0.3 is 0 Å². The van der Waals surface area contributed by atoms with Crippen LogP contribution >= 0.6 is 0 Å². The normalized spacial score (nSPS) is 17.0. The number of alkyl halides is 6. The molecule has 3 rings (SSSR count). The van der Waals surface area contributed by atoms with Gasteiger partial charge in [0.15, 0.2) is 0 Å². The molecule has 1 aliphatic rings. The Kier molecular flexibility index (Phi) is 9.00. The molecule has 0 amide bonds. The highest BCUT2D eigenvalue weighted by Gasteiger charge is 2.49. The predicted molar refractivity (Wildman–Crippen MR) is 132 cm³/mol. The Morgan fingerprint density at radius 2 is 1.57 bits per heavy atom. The van der Waals surface area contributed by atoms with Crippen LogP contribution in [0.15, 0.2) is 48.5 Å². The summed E-state index contributed by atoms with van der Waals surface area (Å²) in [5.74, 6) is -0.162. The maximum Gasteiger partial charge on any atom is 0.417 e. The van der Waals surface area contributed by atoms with Crippen molar-refractivity contribution in [2.24, 2.45) is 5.92 Å². The summed E-state index contributed by atoms with van der Waals surface area (Å²) in [7, 11) is 0. The lowest BCUT2D eigenvalue weighted by Crippen LogP contribution is -2.42. The Morgan fingerprint density at radius 1 is 0.946 bits per heavy atom. The molecule has 0 bridgehead atoms.